The molecule has 0 amide bonds. The highest BCUT2D eigenvalue weighted by molar-refractivity contribution is 8.04. The van der Waals surface area contributed by atoms with Gasteiger partial charge >= 0.3 is 5.97 Å². The van der Waals surface area contributed by atoms with Crippen LogP contribution in [0.15, 0.2) is 101 Å². The Kier molecular flexibility index (Phi) is 8.75. The molecule has 29 heavy (non-hydrogen) atoms. The maximum atomic E-state index is 13.1. The number of halogens is 1. The number of hydrogen-bond donors (Lipinski definition) is 1. The van der Waals surface area contributed by atoms with Crippen molar-refractivity contribution < 1.29 is 33.5 Å². The van der Waals surface area contributed by atoms with Crippen LogP contribution in [0, 0.1) is 0 Å². The topological polar surface area (TPSA) is 52.3 Å². The number of thioether (sulfide) groups is 1. The fourth-order valence-corrected chi connectivity index (χ4v) is 8.57. The molecule has 0 radical (unpaired) electrons. The molecule has 0 atom stereocenters. The van der Waals surface area contributed by atoms with Crippen LogP contribution in [0.3, 0.4) is 0 Å². The summed E-state index contributed by atoms with van der Waals surface area (Å²) < 4.78 is 5.24. The highest BCUT2D eigenvalue weighted by Crippen LogP contribution is 2.63. The molecule has 0 aliphatic carbocycles. The lowest BCUT2D eigenvalue weighted by Gasteiger charge is -2.28. The highest BCUT2D eigenvalue weighted by atomic mass is 127. The molecular weight excluding hydrogens is 512 g/mol. The molecule has 6 heteroatoms. The van der Waals surface area contributed by atoms with Crippen molar-refractivity contribution in [1.29, 1.82) is 0 Å². The SMILES string of the molecule is COC(=O)/C(=C(\N)SC)[P+](c1ccccc1)(c1ccccc1)c1ccccc1.[I-]. The largest absolute Gasteiger partial charge is 1.00 e. The second-order valence-corrected chi connectivity index (χ2v) is 10.3. The van der Waals surface area contributed by atoms with Crippen LogP contribution in [0.2, 0.25) is 0 Å². The van der Waals surface area contributed by atoms with Gasteiger partial charge in [0.25, 0.3) is 0 Å². The summed E-state index contributed by atoms with van der Waals surface area (Å²) in [4.78, 5) is 13.1. The van der Waals surface area contributed by atoms with E-state index in [0.717, 1.165) is 15.9 Å². The second-order valence-electron chi connectivity index (χ2n) is 6.09. The third kappa shape index (κ3) is 4.52. The van der Waals surface area contributed by atoms with Gasteiger partial charge in [-0.15, -0.1) is 11.8 Å². The summed E-state index contributed by atoms with van der Waals surface area (Å²) >= 11 is 1.37. The minimum absolute atomic E-state index is 0. The van der Waals surface area contributed by atoms with E-state index in [1.54, 1.807) is 0 Å². The van der Waals surface area contributed by atoms with Gasteiger partial charge in [0.05, 0.1) is 7.11 Å². The second kappa shape index (κ2) is 10.8. The Labute approximate surface area is 194 Å². The summed E-state index contributed by atoms with van der Waals surface area (Å²) in [5, 5.41) is 4.20. The van der Waals surface area contributed by atoms with Crippen molar-refractivity contribution in [2.45, 2.75) is 0 Å². The van der Waals surface area contributed by atoms with Gasteiger partial charge in [-0.1, -0.05) is 54.6 Å². The number of carbonyl (C=O) groups excluding carboxylic acids is 1. The molecule has 3 rings (SSSR count). The van der Waals surface area contributed by atoms with Crippen molar-refractivity contribution in [1.82, 2.24) is 0 Å². The minimum atomic E-state index is -2.55. The highest BCUT2D eigenvalue weighted by Gasteiger charge is 2.54. The summed E-state index contributed by atoms with van der Waals surface area (Å²) in [7, 11) is -1.14. The van der Waals surface area contributed by atoms with E-state index < -0.39 is 13.2 Å². The Hall–Kier alpha value is -1.82. The third-order valence-corrected chi connectivity index (χ3v) is 9.71. The van der Waals surface area contributed by atoms with Gasteiger partial charge in [0.15, 0.2) is 7.26 Å². The summed E-state index contributed by atoms with van der Waals surface area (Å²) in [5.41, 5.74) is 6.46. The molecule has 3 aromatic rings. The molecule has 0 fully saturated rings. The first kappa shape index (κ1) is 23.5. The van der Waals surface area contributed by atoms with Gasteiger partial charge in [-0.05, 0) is 42.7 Å². The van der Waals surface area contributed by atoms with Crippen LogP contribution in [0.5, 0.6) is 0 Å². The Bertz CT molecular complexity index is 869. The van der Waals surface area contributed by atoms with Gasteiger partial charge in [0.1, 0.15) is 20.9 Å². The van der Waals surface area contributed by atoms with Crippen LogP contribution < -0.4 is 45.6 Å². The van der Waals surface area contributed by atoms with Crippen molar-refractivity contribution in [3.63, 3.8) is 0 Å². The fraction of sp³-hybridized carbons (Fsp3) is 0.0870. The van der Waals surface area contributed by atoms with Gasteiger partial charge in [-0.25, -0.2) is 4.79 Å². The molecule has 0 bridgehead atoms. The lowest BCUT2D eigenvalue weighted by atomic mass is 10.3. The van der Waals surface area contributed by atoms with Crippen LogP contribution in [0.1, 0.15) is 0 Å². The third-order valence-electron chi connectivity index (χ3n) is 4.60. The predicted octanol–water partition coefficient (Wildman–Crippen LogP) is 0.648. The van der Waals surface area contributed by atoms with Gasteiger partial charge < -0.3 is 34.4 Å². The zero-order valence-electron chi connectivity index (χ0n) is 16.3. The Morgan fingerprint density at radius 3 is 1.41 bits per heavy atom. The molecule has 150 valence electrons. The van der Waals surface area contributed by atoms with E-state index >= 15 is 0 Å². The number of nitrogens with two attached hydrogens (primary N) is 1. The zero-order chi connectivity index (χ0) is 20.0. The lowest BCUT2D eigenvalue weighted by molar-refractivity contribution is -0.135. The smallest absolute Gasteiger partial charge is 0.377 e. The molecule has 0 saturated heterocycles. The van der Waals surface area contributed by atoms with Crippen LogP contribution >= 0.6 is 19.0 Å². The predicted molar refractivity (Wildman–Crippen MR) is 122 cm³/mol. The molecule has 0 aromatic heterocycles. The number of benzene rings is 3. The average molecular weight is 535 g/mol. The molecule has 0 aliphatic heterocycles. The van der Waals surface area contributed by atoms with E-state index in [1.807, 2.05) is 60.9 Å². The molecule has 3 aromatic carbocycles. The minimum Gasteiger partial charge on any atom is -1.00 e. The monoisotopic (exact) mass is 535 g/mol. The lowest BCUT2D eigenvalue weighted by Crippen LogP contribution is -3.00. The first-order valence-electron chi connectivity index (χ1n) is 8.84. The van der Waals surface area contributed by atoms with Gasteiger partial charge in [0.2, 0.25) is 5.31 Å². The van der Waals surface area contributed by atoms with E-state index in [-0.39, 0.29) is 24.0 Å². The summed E-state index contributed by atoms with van der Waals surface area (Å²) in [5.74, 6) is -0.392. The zero-order valence-corrected chi connectivity index (χ0v) is 20.2. The van der Waals surface area contributed by atoms with Crippen molar-refractivity contribution in [2.24, 2.45) is 5.73 Å². The van der Waals surface area contributed by atoms with Gasteiger partial charge in [-0.3, -0.25) is 0 Å². The molecule has 0 heterocycles. The van der Waals surface area contributed by atoms with Crippen molar-refractivity contribution in [3.8, 4) is 0 Å². The number of hydrogen-bond acceptors (Lipinski definition) is 4. The molecular formula is C23H23INO2PS. The first-order chi connectivity index (χ1) is 13.7. The van der Waals surface area contributed by atoms with Crippen LogP contribution in [-0.2, 0) is 9.53 Å². The van der Waals surface area contributed by atoms with Crippen LogP contribution in [0.4, 0.5) is 0 Å². The maximum absolute atomic E-state index is 13.1. The Balaban J connectivity index is 0.00000300. The van der Waals surface area contributed by atoms with E-state index in [2.05, 4.69) is 36.4 Å². The maximum Gasteiger partial charge on any atom is 0.377 e. The van der Waals surface area contributed by atoms with E-state index in [4.69, 9.17) is 10.5 Å². The van der Waals surface area contributed by atoms with E-state index in [1.165, 1.54) is 18.9 Å². The van der Waals surface area contributed by atoms with E-state index in [9.17, 15) is 4.79 Å². The Morgan fingerprint density at radius 2 is 1.14 bits per heavy atom. The van der Waals surface area contributed by atoms with E-state index in [0.29, 0.717) is 10.3 Å². The number of carbonyl (C=O) groups is 1. The Morgan fingerprint density at radius 1 is 0.793 bits per heavy atom. The van der Waals surface area contributed by atoms with Crippen molar-refractivity contribution in [3.05, 3.63) is 101 Å². The molecule has 3 nitrogen and oxygen atoms in total. The first-order valence-corrected chi connectivity index (χ1v) is 11.9. The van der Waals surface area contributed by atoms with Gasteiger partial charge in [0, 0.05) is 0 Å². The fourth-order valence-electron chi connectivity index (χ4n) is 3.39. The van der Waals surface area contributed by atoms with Gasteiger partial charge in [-0.2, -0.15) is 0 Å². The molecule has 0 saturated carbocycles. The van der Waals surface area contributed by atoms with Crippen LogP contribution in [-0.4, -0.2) is 19.3 Å². The number of rotatable bonds is 6. The van der Waals surface area contributed by atoms with Crippen molar-refractivity contribution >= 4 is 40.9 Å². The van der Waals surface area contributed by atoms with Crippen LogP contribution in [0.25, 0.3) is 0 Å². The number of ether oxygens (including phenoxy) is 1. The number of methoxy groups -OCH3 is 1. The summed E-state index contributed by atoms with van der Waals surface area (Å²) in [6, 6.07) is 30.4. The molecule has 0 spiro atoms. The normalized spacial score (nSPS) is 11.8. The standard InChI is InChI=1S/C23H22NO2PS.HI/c1-26-23(25)21(22(24)28-2)27(18-12-6-3-7-13-18,19-14-8-4-9-15-19)20-16-10-5-11-17-20;/h3-17H,1-2H3,(H-,24,25);1H. The summed E-state index contributed by atoms with van der Waals surface area (Å²) in [6.45, 7) is 0. The molecule has 2 N–H and O–H groups in total. The average Bonchev–Trinajstić information content (AvgIpc) is 2.78. The number of esters is 1. The van der Waals surface area contributed by atoms with Crippen molar-refractivity contribution in [2.75, 3.05) is 13.4 Å². The molecule has 0 aliphatic rings. The quantitative estimate of drug-likeness (QED) is 0.218. The summed E-state index contributed by atoms with van der Waals surface area (Å²) in [6.07, 6.45) is 1.88. The molecule has 0 unspecified atom stereocenters.